The van der Waals surface area contributed by atoms with Gasteiger partial charge >= 0.3 is 0 Å². The minimum atomic E-state index is -0.383. The second-order valence-electron chi connectivity index (χ2n) is 12.1. The molecule has 9 heteroatoms. The van der Waals surface area contributed by atoms with Crippen LogP contribution >= 0.6 is 0 Å². The zero-order valence-electron chi connectivity index (χ0n) is 23.8. The van der Waals surface area contributed by atoms with Gasteiger partial charge in [-0.15, -0.1) is 0 Å². The Labute approximate surface area is 224 Å². The van der Waals surface area contributed by atoms with Crippen molar-refractivity contribution in [2.75, 3.05) is 0 Å². The number of allylic oxidation sites excluding steroid dienone is 3. The van der Waals surface area contributed by atoms with Crippen LogP contribution in [-0.2, 0) is 10.8 Å². The SMILES string of the molecule is CC(C)(C)C1=CC=C([N+](=O)[O-])C1.CC(C)(C)c1ccc([N+](=O)[O-])cc1.CC(C)(C)c1ccccc1[N+](=O)[O-]. The summed E-state index contributed by atoms with van der Waals surface area (Å²) in [7, 11) is 0. The predicted octanol–water partition coefficient (Wildman–Crippen LogP) is 8.31. The van der Waals surface area contributed by atoms with Gasteiger partial charge < -0.3 is 0 Å². The lowest BCUT2D eigenvalue weighted by Crippen LogP contribution is -2.13. The third-order valence-electron chi connectivity index (χ3n) is 5.90. The molecule has 0 fully saturated rings. The summed E-state index contributed by atoms with van der Waals surface area (Å²) in [6.45, 7) is 18.3. The molecule has 0 N–H and O–H groups in total. The number of non-ortho nitro benzene ring substituents is 1. The third-order valence-corrected chi connectivity index (χ3v) is 5.90. The summed E-state index contributed by atoms with van der Waals surface area (Å²) < 4.78 is 0. The van der Waals surface area contributed by atoms with Crippen molar-refractivity contribution in [1.29, 1.82) is 0 Å². The smallest absolute Gasteiger partial charge is 0.259 e. The first-order valence-electron chi connectivity index (χ1n) is 12.3. The minimum absolute atomic E-state index is 0.0499. The highest BCUT2D eigenvalue weighted by atomic mass is 16.6. The lowest BCUT2D eigenvalue weighted by molar-refractivity contribution is -0.426. The van der Waals surface area contributed by atoms with E-state index in [2.05, 4.69) is 41.5 Å². The van der Waals surface area contributed by atoms with E-state index in [1.165, 1.54) is 0 Å². The van der Waals surface area contributed by atoms with E-state index < -0.39 is 0 Å². The first kappa shape index (κ1) is 32.1. The normalized spacial score (nSPS) is 13.2. The Morgan fingerprint density at radius 2 is 1.13 bits per heavy atom. The zero-order valence-corrected chi connectivity index (χ0v) is 23.8. The Kier molecular flexibility index (Phi) is 10.6. The average molecular weight is 526 g/mol. The molecule has 0 atom stereocenters. The number of hydrogen-bond acceptors (Lipinski definition) is 6. The summed E-state index contributed by atoms with van der Waals surface area (Å²) >= 11 is 0. The number of nitrogens with zero attached hydrogens (tertiary/aromatic N) is 3. The number of nitro benzene ring substituents is 2. The van der Waals surface area contributed by atoms with Gasteiger partial charge in [-0.2, -0.15) is 0 Å². The lowest BCUT2D eigenvalue weighted by atomic mass is 9.86. The molecule has 0 aliphatic heterocycles. The molecule has 3 rings (SSSR count). The van der Waals surface area contributed by atoms with E-state index in [9.17, 15) is 30.3 Å². The summed E-state index contributed by atoms with van der Waals surface area (Å²) in [5, 5.41) is 31.4. The van der Waals surface area contributed by atoms with Crippen molar-refractivity contribution in [2.24, 2.45) is 5.41 Å². The van der Waals surface area contributed by atoms with Gasteiger partial charge in [-0.3, -0.25) is 30.3 Å². The van der Waals surface area contributed by atoms with Gasteiger partial charge in [0.2, 0.25) is 5.70 Å². The monoisotopic (exact) mass is 525 g/mol. The molecule has 0 bridgehead atoms. The van der Waals surface area contributed by atoms with E-state index in [1.54, 1.807) is 48.5 Å². The fourth-order valence-electron chi connectivity index (χ4n) is 3.50. The van der Waals surface area contributed by atoms with Crippen LogP contribution in [-0.4, -0.2) is 14.8 Å². The number of nitro groups is 3. The average Bonchev–Trinajstić information content (AvgIpc) is 3.30. The molecule has 0 amide bonds. The Hall–Kier alpha value is -3.88. The van der Waals surface area contributed by atoms with Crippen molar-refractivity contribution in [3.05, 3.63) is 113 Å². The second-order valence-corrected chi connectivity index (χ2v) is 12.1. The second kappa shape index (κ2) is 12.6. The number of benzene rings is 2. The van der Waals surface area contributed by atoms with E-state index in [0.29, 0.717) is 12.1 Å². The highest BCUT2D eigenvalue weighted by Crippen LogP contribution is 2.34. The van der Waals surface area contributed by atoms with E-state index >= 15 is 0 Å². The molecule has 9 nitrogen and oxygen atoms in total. The van der Waals surface area contributed by atoms with Gasteiger partial charge in [-0.05, 0) is 21.8 Å². The maximum Gasteiger partial charge on any atom is 0.273 e. The molecule has 0 saturated carbocycles. The molecule has 38 heavy (non-hydrogen) atoms. The first-order valence-corrected chi connectivity index (χ1v) is 12.3. The van der Waals surface area contributed by atoms with Crippen LogP contribution in [0.15, 0.2) is 72.0 Å². The summed E-state index contributed by atoms with van der Waals surface area (Å²) in [5.41, 5.74) is 3.60. The van der Waals surface area contributed by atoms with E-state index in [4.69, 9.17) is 0 Å². The summed E-state index contributed by atoms with van der Waals surface area (Å²) in [4.78, 5) is 30.4. The van der Waals surface area contributed by atoms with Crippen molar-refractivity contribution in [3.63, 3.8) is 0 Å². The van der Waals surface area contributed by atoms with Crippen molar-refractivity contribution in [3.8, 4) is 0 Å². The summed E-state index contributed by atoms with van der Waals surface area (Å²) in [6.07, 6.45) is 3.95. The fraction of sp³-hybridized carbons (Fsp3) is 0.448. The maximum atomic E-state index is 10.7. The maximum absolute atomic E-state index is 10.7. The predicted molar refractivity (Wildman–Crippen MR) is 151 cm³/mol. The van der Waals surface area contributed by atoms with Gasteiger partial charge in [0.1, 0.15) is 0 Å². The first-order chi connectivity index (χ1) is 17.2. The van der Waals surface area contributed by atoms with Crippen LogP contribution in [0.5, 0.6) is 0 Å². The standard InChI is InChI=1S/2C10H13NO2.C9H13NO2/c1-10(2,3)8-4-6-9(7-5-8)11(12)13;1-10(2,3)8-6-4-5-7-9(8)11(12)13;1-9(2,3)7-4-5-8(6-7)10(11)12/h2*4-7H,1-3H3;4-5H,6H2,1-3H3. The van der Waals surface area contributed by atoms with Crippen molar-refractivity contribution >= 4 is 11.4 Å². The minimum Gasteiger partial charge on any atom is -0.259 e. The Bertz CT molecular complexity index is 1210. The molecule has 206 valence electrons. The van der Waals surface area contributed by atoms with E-state index in [0.717, 1.165) is 16.7 Å². The van der Waals surface area contributed by atoms with Crippen molar-refractivity contribution < 1.29 is 14.8 Å². The van der Waals surface area contributed by atoms with E-state index in [1.807, 2.05) is 32.9 Å². The highest BCUT2D eigenvalue weighted by Gasteiger charge is 2.26. The van der Waals surface area contributed by atoms with Crippen LogP contribution in [0.4, 0.5) is 11.4 Å². The molecule has 1 aliphatic rings. The van der Waals surface area contributed by atoms with Gasteiger partial charge in [0.15, 0.2) is 0 Å². The molecule has 0 spiro atoms. The lowest BCUT2D eigenvalue weighted by Gasteiger charge is -2.19. The Morgan fingerprint density at radius 3 is 1.45 bits per heavy atom. The molecule has 0 radical (unpaired) electrons. The highest BCUT2D eigenvalue weighted by molar-refractivity contribution is 5.44. The van der Waals surface area contributed by atoms with Gasteiger partial charge in [0.25, 0.3) is 11.4 Å². The topological polar surface area (TPSA) is 129 Å². The summed E-state index contributed by atoms with van der Waals surface area (Å²) in [6, 6.07) is 13.6. The molecule has 2 aromatic carbocycles. The van der Waals surface area contributed by atoms with Crippen molar-refractivity contribution in [1.82, 2.24) is 0 Å². The zero-order chi connectivity index (χ0) is 29.5. The van der Waals surface area contributed by atoms with E-state index in [-0.39, 0.29) is 42.4 Å². The van der Waals surface area contributed by atoms with Crippen LogP contribution in [0.25, 0.3) is 0 Å². The number of rotatable bonds is 3. The Morgan fingerprint density at radius 1 is 0.605 bits per heavy atom. The molecule has 0 aromatic heterocycles. The largest absolute Gasteiger partial charge is 0.273 e. The molecule has 0 heterocycles. The quantitative estimate of drug-likeness (QED) is 0.292. The summed E-state index contributed by atoms with van der Waals surface area (Å²) in [5.74, 6) is 0. The fourth-order valence-corrected chi connectivity index (χ4v) is 3.50. The molecule has 0 unspecified atom stereocenters. The van der Waals surface area contributed by atoms with Crippen LogP contribution in [0.3, 0.4) is 0 Å². The molecule has 0 saturated heterocycles. The van der Waals surface area contributed by atoms with Crippen LogP contribution in [0.1, 0.15) is 79.9 Å². The van der Waals surface area contributed by atoms with Gasteiger partial charge in [0, 0.05) is 29.8 Å². The molecular weight excluding hydrogens is 486 g/mol. The third kappa shape index (κ3) is 9.88. The Balaban J connectivity index is 0.000000285. The molecular formula is C29H39N3O6. The van der Waals surface area contributed by atoms with Gasteiger partial charge in [-0.1, -0.05) is 104 Å². The van der Waals surface area contributed by atoms with Crippen LogP contribution < -0.4 is 0 Å². The molecule has 1 aliphatic carbocycles. The van der Waals surface area contributed by atoms with Crippen molar-refractivity contribution in [2.45, 2.75) is 79.6 Å². The number of hydrogen-bond donors (Lipinski definition) is 0. The number of para-hydroxylation sites is 1. The van der Waals surface area contributed by atoms with Crippen LogP contribution in [0.2, 0.25) is 0 Å². The van der Waals surface area contributed by atoms with Gasteiger partial charge in [-0.25, -0.2) is 0 Å². The van der Waals surface area contributed by atoms with Crippen LogP contribution in [0, 0.1) is 35.8 Å². The molecule has 2 aromatic rings. The van der Waals surface area contributed by atoms with Gasteiger partial charge in [0.05, 0.1) is 21.2 Å².